The maximum atomic E-state index is 11.1. The molecule has 2 heterocycles. The minimum absolute atomic E-state index is 0.224. The fraction of sp³-hybridized carbons (Fsp3) is 0.250. The van der Waals surface area contributed by atoms with E-state index in [4.69, 9.17) is 10.8 Å². The van der Waals surface area contributed by atoms with Crippen molar-refractivity contribution in [3.05, 3.63) is 32.4 Å². The largest absolute Gasteiger partial charge is 0.492 e. The quantitative estimate of drug-likeness (QED) is 0.389. The highest BCUT2D eigenvalue weighted by atomic mass is 16.3. The van der Waals surface area contributed by atoms with Gasteiger partial charge in [-0.1, -0.05) is 0 Å². The van der Waals surface area contributed by atoms with Gasteiger partial charge in [0, 0.05) is 6.92 Å². The number of aromatic amines is 2. The minimum Gasteiger partial charge on any atom is -0.492 e. The topological polar surface area (TPSA) is 187 Å². The summed E-state index contributed by atoms with van der Waals surface area (Å²) in [5.41, 5.74) is 3.55. The molecule has 0 atom stereocenters. The molecule has 0 saturated carbocycles. The lowest BCUT2D eigenvalue weighted by atomic mass is 10.4. The van der Waals surface area contributed by atoms with Crippen molar-refractivity contribution in [2.24, 2.45) is 0 Å². The van der Waals surface area contributed by atoms with E-state index in [2.05, 4.69) is 25.3 Å². The van der Waals surface area contributed by atoms with Crippen LogP contribution >= 0.6 is 0 Å². The number of H-pyrrole nitrogens is 2. The average molecular weight is 324 g/mol. The molecule has 0 aliphatic heterocycles. The summed E-state index contributed by atoms with van der Waals surface area (Å²) in [7, 11) is 0. The molecule has 124 valence electrons. The third kappa shape index (κ3) is 4.84. The molecule has 2 rings (SSSR count). The van der Waals surface area contributed by atoms with E-state index in [1.165, 1.54) is 13.8 Å². The van der Waals surface area contributed by atoms with Crippen LogP contribution in [0, 0.1) is 13.8 Å². The van der Waals surface area contributed by atoms with Crippen molar-refractivity contribution in [1.29, 1.82) is 0 Å². The van der Waals surface area contributed by atoms with Crippen molar-refractivity contribution in [2.45, 2.75) is 20.8 Å². The lowest BCUT2D eigenvalue weighted by molar-refractivity contribution is -0.114. The third-order valence-electron chi connectivity index (χ3n) is 2.37. The second kappa shape index (κ2) is 7.06. The Bertz CT molecular complexity index is 841. The van der Waals surface area contributed by atoms with Gasteiger partial charge in [-0.2, -0.15) is 9.97 Å². The first-order valence-electron chi connectivity index (χ1n) is 6.24. The van der Waals surface area contributed by atoms with E-state index in [9.17, 15) is 19.5 Å². The minimum atomic E-state index is -0.569. The maximum Gasteiger partial charge on any atom is 0.278 e. The first-order valence-corrected chi connectivity index (χ1v) is 6.24. The van der Waals surface area contributed by atoms with E-state index >= 15 is 0 Å². The van der Waals surface area contributed by atoms with Gasteiger partial charge in [0.2, 0.25) is 17.7 Å². The Labute approximate surface area is 129 Å². The zero-order valence-corrected chi connectivity index (χ0v) is 12.6. The summed E-state index contributed by atoms with van der Waals surface area (Å²) in [6, 6.07) is 0. The highest BCUT2D eigenvalue weighted by Gasteiger charge is 2.09. The van der Waals surface area contributed by atoms with Gasteiger partial charge in [-0.3, -0.25) is 14.4 Å². The van der Waals surface area contributed by atoms with Crippen LogP contribution in [-0.2, 0) is 4.79 Å². The predicted octanol–water partition coefficient (Wildman–Crippen LogP) is -0.892. The number of nitrogens with one attached hydrogen (secondary N) is 3. The lowest BCUT2D eigenvalue weighted by Crippen LogP contribution is -2.19. The van der Waals surface area contributed by atoms with Crippen LogP contribution in [-0.4, -0.2) is 36.1 Å². The molecule has 23 heavy (non-hydrogen) atoms. The number of hydrogen-bond acceptors (Lipinski definition) is 8. The normalized spacial score (nSPS) is 9.70. The van der Waals surface area contributed by atoms with E-state index in [1.807, 2.05) is 0 Å². The van der Waals surface area contributed by atoms with Crippen molar-refractivity contribution >= 4 is 17.3 Å². The van der Waals surface area contributed by atoms with Gasteiger partial charge < -0.3 is 31.2 Å². The van der Waals surface area contributed by atoms with Crippen molar-refractivity contribution in [3.8, 4) is 11.8 Å². The van der Waals surface area contributed by atoms with Crippen molar-refractivity contribution in [2.75, 3.05) is 11.1 Å². The van der Waals surface area contributed by atoms with E-state index in [-0.39, 0.29) is 17.2 Å². The highest BCUT2D eigenvalue weighted by Crippen LogP contribution is 2.13. The lowest BCUT2D eigenvalue weighted by Gasteiger charge is -2.02. The van der Waals surface area contributed by atoms with Gasteiger partial charge >= 0.3 is 0 Å². The molecule has 2 aromatic rings. The molecule has 0 bridgehead atoms. The van der Waals surface area contributed by atoms with E-state index in [1.54, 1.807) is 6.92 Å². The molecule has 0 aromatic carbocycles. The van der Waals surface area contributed by atoms with Crippen molar-refractivity contribution in [1.82, 2.24) is 19.9 Å². The number of aryl methyl sites for hydroxylation is 2. The number of rotatable bonds is 1. The van der Waals surface area contributed by atoms with Crippen molar-refractivity contribution < 1.29 is 15.0 Å². The maximum absolute atomic E-state index is 11.1. The summed E-state index contributed by atoms with van der Waals surface area (Å²) in [6.07, 6.45) is 0. The van der Waals surface area contributed by atoms with Crippen LogP contribution in [0.15, 0.2) is 9.59 Å². The van der Waals surface area contributed by atoms with E-state index < -0.39 is 28.8 Å². The van der Waals surface area contributed by atoms with Crippen LogP contribution in [0.2, 0.25) is 0 Å². The zero-order valence-electron chi connectivity index (χ0n) is 12.6. The Hall–Kier alpha value is -3.37. The highest BCUT2D eigenvalue weighted by molar-refractivity contribution is 5.89. The van der Waals surface area contributed by atoms with Crippen LogP contribution in [0.25, 0.3) is 0 Å². The summed E-state index contributed by atoms with van der Waals surface area (Å²) in [6.45, 7) is 4.32. The predicted molar refractivity (Wildman–Crippen MR) is 81.2 cm³/mol. The van der Waals surface area contributed by atoms with Crippen LogP contribution in [0.4, 0.5) is 11.4 Å². The Morgan fingerprint density at radius 3 is 1.96 bits per heavy atom. The molecule has 0 aliphatic rings. The molecule has 2 aromatic heterocycles. The number of nitrogens with zero attached hydrogens (tertiary/aromatic N) is 2. The number of amides is 1. The molecule has 1 amide bonds. The third-order valence-corrected chi connectivity index (χ3v) is 2.37. The Morgan fingerprint density at radius 2 is 1.52 bits per heavy atom. The number of anilines is 2. The number of nitrogen functional groups attached to an aromatic ring is 1. The van der Waals surface area contributed by atoms with Crippen LogP contribution in [0.5, 0.6) is 11.8 Å². The fourth-order valence-electron chi connectivity index (χ4n) is 1.44. The molecular formula is C12H16N6O5. The van der Waals surface area contributed by atoms with Gasteiger partial charge in [0.05, 0.1) is 0 Å². The number of aromatic hydroxyl groups is 2. The molecule has 11 heteroatoms. The standard InChI is InChI=1S/C7H9N3O3.C5H7N3O2/c1-3-8-6(12)5(7(13)9-3)10-4(2)11;1-2-7-4(9)3(6)5(10)8-2/h1-2H3,(H,10,11)(H2,8,9,12,13);6H2,1H3,(H2,7,8,9,10). The van der Waals surface area contributed by atoms with E-state index in [0.29, 0.717) is 5.82 Å². The van der Waals surface area contributed by atoms with Gasteiger partial charge in [0.1, 0.15) is 11.6 Å². The van der Waals surface area contributed by atoms with Gasteiger partial charge in [-0.25, -0.2) is 0 Å². The van der Waals surface area contributed by atoms with Crippen molar-refractivity contribution in [3.63, 3.8) is 0 Å². The molecule has 0 spiro atoms. The first-order chi connectivity index (χ1) is 10.6. The van der Waals surface area contributed by atoms with Gasteiger partial charge in [-0.15, -0.1) is 0 Å². The summed E-state index contributed by atoms with van der Waals surface area (Å²) >= 11 is 0. The first kappa shape index (κ1) is 17.7. The fourth-order valence-corrected chi connectivity index (χ4v) is 1.44. The smallest absolute Gasteiger partial charge is 0.278 e. The Balaban J connectivity index is 0.000000238. The average Bonchev–Trinajstić information content (AvgIpc) is 2.40. The molecule has 0 unspecified atom stereocenters. The molecule has 0 aliphatic carbocycles. The molecule has 7 N–H and O–H groups in total. The van der Waals surface area contributed by atoms with Crippen LogP contribution in [0.1, 0.15) is 18.6 Å². The second-order valence-corrected chi connectivity index (χ2v) is 4.42. The van der Waals surface area contributed by atoms with Gasteiger partial charge in [0.15, 0.2) is 11.4 Å². The van der Waals surface area contributed by atoms with Crippen LogP contribution in [0.3, 0.4) is 0 Å². The number of carbonyl (C=O) groups is 1. The molecule has 0 fully saturated rings. The summed E-state index contributed by atoms with van der Waals surface area (Å²) < 4.78 is 0. The summed E-state index contributed by atoms with van der Waals surface area (Å²) in [5, 5.41) is 20.2. The monoisotopic (exact) mass is 324 g/mol. The number of aromatic nitrogens is 4. The van der Waals surface area contributed by atoms with Gasteiger partial charge in [0.25, 0.3) is 11.1 Å². The Kier molecular flexibility index (Phi) is 5.43. The number of nitrogens with two attached hydrogens (primary N) is 1. The molecule has 0 radical (unpaired) electrons. The molecular weight excluding hydrogens is 308 g/mol. The zero-order chi connectivity index (χ0) is 17.7. The second-order valence-electron chi connectivity index (χ2n) is 4.42. The summed E-state index contributed by atoms with van der Waals surface area (Å²) in [5.74, 6) is -0.697. The number of carbonyl (C=O) groups excluding carboxylic acids is 1. The van der Waals surface area contributed by atoms with Gasteiger partial charge in [-0.05, 0) is 13.8 Å². The SMILES string of the molecule is CC(=O)Nc1c(O)nc(C)[nH]c1=O.Cc1nc(O)c(N)c(=O)[nH]1. The number of hydrogen-bond donors (Lipinski definition) is 6. The molecule has 0 saturated heterocycles. The Morgan fingerprint density at radius 1 is 1.04 bits per heavy atom. The van der Waals surface area contributed by atoms with Crippen LogP contribution < -0.4 is 22.2 Å². The molecule has 11 nitrogen and oxygen atoms in total. The van der Waals surface area contributed by atoms with E-state index in [0.717, 1.165) is 0 Å². The summed E-state index contributed by atoms with van der Waals surface area (Å²) in [4.78, 5) is 44.2.